The van der Waals surface area contributed by atoms with Crippen LogP contribution < -0.4 is 5.30 Å². The Kier molecular flexibility index (Phi) is 2.89. The molecule has 1 aromatic carbocycles. The summed E-state index contributed by atoms with van der Waals surface area (Å²) in [5, 5.41) is 9.26. The van der Waals surface area contributed by atoms with Gasteiger partial charge in [0.15, 0.2) is 0 Å². The van der Waals surface area contributed by atoms with Gasteiger partial charge >= 0.3 is 0 Å². The SMILES string of the molecule is CP(C)(=O)c1cc(F)cc(CO)c1. The Balaban J connectivity index is 3.24. The molecule has 4 heteroatoms. The Hall–Kier alpha value is -0.660. The van der Waals surface area contributed by atoms with Crippen LogP contribution in [0, 0.1) is 5.82 Å². The zero-order valence-electron chi connectivity index (χ0n) is 7.62. The Morgan fingerprint density at radius 3 is 2.46 bits per heavy atom. The summed E-state index contributed by atoms with van der Waals surface area (Å²) in [5.41, 5.74) is 0.457. The van der Waals surface area contributed by atoms with Crippen LogP contribution in [0.2, 0.25) is 0 Å². The van der Waals surface area contributed by atoms with Gasteiger partial charge in [-0.25, -0.2) is 4.39 Å². The van der Waals surface area contributed by atoms with Crippen molar-refractivity contribution in [3.63, 3.8) is 0 Å². The molecule has 0 aliphatic carbocycles. The average Bonchev–Trinajstić information content (AvgIpc) is 2.01. The fourth-order valence-electron chi connectivity index (χ4n) is 1.04. The first-order chi connectivity index (χ1) is 5.93. The Labute approximate surface area is 76.8 Å². The van der Waals surface area contributed by atoms with Crippen LogP contribution in [0.1, 0.15) is 5.56 Å². The van der Waals surface area contributed by atoms with Crippen LogP contribution in [0.5, 0.6) is 0 Å². The van der Waals surface area contributed by atoms with Crippen LogP contribution in [-0.4, -0.2) is 18.4 Å². The molecule has 0 aromatic heterocycles. The zero-order valence-corrected chi connectivity index (χ0v) is 8.51. The number of hydrogen-bond donors (Lipinski definition) is 1. The molecule has 0 radical (unpaired) electrons. The van der Waals surface area contributed by atoms with E-state index in [0.29, 0.717) is 10.9 Å². The zero-order chi connectivity index (χ0) is 10.1. The third-order valence-corrected chi connectivity index (χ3v) is 3.25. The van der Waals surface area contributed by atoms with Crippen LogP contribution in [0.25, 0.3) is 0 Å². The minimum atomic E-state index is -2.44. The molecule has 13 heavy (non-hydrogen) atoms. The highest BCUT2D eigenvalue weighted by Crippen LogP contribution is 2.34. The molecule has 2 nitrogen and oxygen atoms in total. The molecular weight excluding hydrogens is 190 g/mol. The maximum absolute atomic E-state index is 12.9. The van der Waals surface area contributed by atoms with Crippen molar-refractivity contribution in [3.05, 3.63) is 29.6 Å². The van der Waals surface area contributed by atoms with Crippen molar-refractivity contribution in [1.82, 2.24) is 0 Å². The highest BCUT2D eigenvalue weighted by Gasteiger charge is 2.12. The van der Waals surface area contributed by atoms with Crippen LogP contribution >= 0.6 is 7.14 Å². The van der Waals surface area contributed by atoms with Gasteiger partial charge in [0.1, 0.15) is 13.0 Å². The van der Waals surface area contributed by atoms with Crippen molar-refractivity contribution in [2.24, 2.45) is 0 Å². The molecule has 1 N–H and O–H groups in total. The summed E-state index contributed by atoms with van der Waals surface area (Å²) in [5.74, 6) is -0.453. The smallest absolute Gasteiger partial charge is 0.124 e. The van der Waals surface area contributed by atoms with Crippen molar-refractivity contribution in [2.45, 2.75) is 6.61 Å². The minimum Gasteiger partial charge on any atom is -0.392 e. The van der Waals surface area contributed by atoms with Crippen molar-refractivity contribution >= 4 is 12.4 Å². The van der Waals surface area contributed by atoms with Gasteiger partial charge in [0.05, 0.1) is 6.61 Å². The lowest BCUT2D eigenvalue weighted by Crippen LogP contribution is -2.05. The van der Waals surface area contributed by atoms with Crippen molar-refractivity contribution in [2.75, 3.05) is 13.3 Å². The molecule has 0 amide bonds. The van der Waals surface area contributed by atoms with Crippen LogP contribution in [0.3, 0.4) is 0 Å². The molecule has 0 atom stereocenters. The van der Waals surface area contributed by atoms with E-state index in [1.807, 2.05) is 0 Å². The number of aliphatic hydroxyl groups excluding tert-OH is 1. The Morgan fingerprint density at radius 1 is 1.38 bits per heavy atom. The number of benzene rings is 1. The number of rotatable bonds is 2. The van der Waals surface area contributed by atoms with Gasteiger partial charge in [-0.1, -0.05) is 0 Å². The van der Waals surface area contributed by atoms with Crippen LogP contribution in [-0.2, 0) is 11.2 Å². The van der Waals surface area contributed by atoms with E-state index in [4.69, 9.17) is 5.11 Å². The first-order valence-corrected chi connectivity index (χ1v) is 6.49. The normalized spacial score (nSPS) is 11.7. The molecular formula is C9H12FO2P. The van der Waals surface area contributed by atoms with E-state index in [2.05, 4.69) is 0 Å². The molecule has 1 rings (SSSR count). The van der Waals surface area contributed by atoms with E-state index in [1.165, 1.54) is 12.1 Å². The van der Waals surface area contributed by atoms with Gasteiger partial charge in [0.25, 0.3) is 0 Å². The van der Waals surface area contributed by atoms with E-state index in [-0.39, 0.29) is 6.61 Å². The second kappa shape index (κ2) is 3.60. The lowest BCUT2D eigenvalue weighted by Gasteiger charge is -2.08. The van der Waals surface area contributed by atoms with Gasteiger partial charge in [0, 0.05) is 5.30 Å². The van der Waals surface area contributed by atoms with Crippen molar-refractivity contribution in [1.29, 1.82) is 0 Å². The van der Waals surface area contributed by atoms with E-state index in [0.717, 1.165) is 0 Å². The van der Waals surface area contributed by atoms with Gasteiger partial charge in [0.2, 0.25) is 0 Å². The van der Waals surface area contributed by atoms with E-state index >= 15 is 0 Å². The summed E-state index contributed by atoms with van der Waals surface area (Å²) in [6, 6.07) is 4.06. The number of halogens is 1. The summed E-state index contributed by atoms with van der Waals surface area (Å²) in [7, 11) is -2.44. The van der Waals surface area contributed by atoms with Gasteiger partial charge in [-0.2, -0.15) is 0 Å². The highest BCUT2D eigenvalue weighted by molar-refractivity contribution is 7.70. The lowest BCUT2D eigenvalue weighted by atomic mass is 10.2. The van der Waals surface area contributed by atoms with Gasteiger partial charge in [-0.05, 0) is 37.1 Å². The Morgan fingerprint density at radius 2 is 2.00 bits per heavy atom. The summed E-state index contributed by atoms with van der Waals surface area (Å²) in [4.78, 5) is 0. The first-order valence-electron chi connectivity index (χ1n) is 3.89. The van der Waals surface area contributed by atoms with Crippen molar-refractivity contribution < 1.29 is 14.1 Å². The summed E-state index contributed by atoms with van der Waals surface area (Å²) in [6.07, 6.45) is 0. The third kappa shape index (κ3) is 2.64. The van der Waals surface area contributed by atoms with E-state index < -0.39 is 13.0 Å². The topological polar surface area (TPSA) is 37.3 Å². The van der Waals surface area contributed by atoms with E-state index in [9.17, 15) is 8.96 Å². The molecule has 0 fully saturated rings. The van der Waals surface area contributed by atoms with Crippen LogP contribution in [0.15, 0.2) is 18.2 Å². The van der Waals surface area contributed by atoms with Crippen LogP contribution in [0.4, 0.5) is 4.39 Å². The second-order valence-electron chi connectivity index (χ2n) is 3.33. The molecule has 1 aromatic rings. The molecule has 72 valence electrons. The molecule has 0 spiro atoms. The maximum Gasteiger partial charge on any atom is 0.124 e. The molecule has 0 bridgehead atoms. The molecule has 0 aliphatic rings. The maximum atomic E-state index is 12.9. The van der Waals surface area contributed by atoms with Gasteiger partial charge < -0.3 is 9.67 Å². The third-order valence-electron chi connectivity index (χ3n) is 1.75. The summed E-state index contributed by atoms with van der Waals surface area (Å²) < 4.78 is 24.5. The fourth-order valence-corrected chi connectivity index (χ4v) is 1.95. The average molecular weight is 202 g/mol. The predicted molar refractivity (Wildman–Crippen MR) is 51.4 cm³/mol. The molecule has 0 saturated carbocycles. The molecule has 0 aliphatic heterocycles. The molecule has 0 unspecified atom stereocenters. The number of aliphatic hydroxyl groups is 1. The second-order valence-corrected chi connectivity index (χ2v) is 6.54. The highest BCUT2D eigenvalue weighted by atomic mass is 31.2. The quantitative estimate of drug-likeness (QED) is 0.739. The molecule has 0 heterocycles. The van der Waals surface area contributed by atoms with Gasteiger partial charge in [-0.3, -0.25) is 0 Å². The molecule has 0 saturated heterocycles. The Bertz CT molecular complexity index is 357. The first kappa shape index (κ1) is 10.4. The predicted octanol–water partition coefficient (Wildman–Crippen LogP) is 1.57. The van der Waals surface area contributed by atoms with Crippen molar-refractivity contribution in [3.8, 4) is 0 Å². The fraction of sp³-hybridized carbons (Fsp3) is 0.333. The van der Waals surface area contributed by atoms with E-state index in [1.54, 1.807) is 19.4 Å². The number of hydrogen-bond acceptors (Lipinski definition) is 2. The van der Waals surface area contributed by atoms with Gasteiger partial charge in [-0.15, -0.1) is 0 Å². The minimum absolute atomic E-state index is 0.231. The standard InChI is InChI=1S/C9H12FO2P/c1-13(2,12)9-4-7(6-11)3-8(10)5-9/h3-5,11H,6H2,1-2H3. The largest absolute Gasteiger partial charge is 0.392 e. The summed E-state index contributed by atoms with van der Waals surface area (Å²) >= 11 is 0. The summed E-state index contributed by atoms with van der Waals surface area (Å²) in [6.45, 7) is 2.91. The monoisotopic (exact) mass is 202 g/mol. The lowest BCUT2D eigenvalue weighted by molar-refractivity contribution is 0.281.